The molecule has 5 rings (SSSR count). The largest absolute Gasteiger partial charge is 0.394 e. The maximum Gasteiger partial charge on any atom is 0.224 e. The molecule has 156 valence electrons. The summed E-state index contributed by atoms with van der Waals surface area (Å²) >= 11 is 0. The molecule has 3 aliphatic rings. The smallest absolute Gasteiger partial charge is 0.224 e. The van der Waals surface area contributed by atoms with Gasteiger partial charge in [-0.3, -0.25) is 4.79 Å². The molecule has 2 heterocycles. The number of aryl methyl sites for hydroxylation is 1. The van der Waals surface area contributed by atoms with Gasteiger partial charge in [-0.05, 0) is 62.3 Å². The van der Waals surface area contributed by atoms with Gasteiger partial charge in [0.05, 0.1) is 18.6 Å². The van der Waals surface area contributed by atoms with E-state index >= 15 is 0 Å². The third kappa shape index (κ3) is 3.01. The lowest BCUT2D eigenvalue weighted by Gasteiger charge is -2.45. The normalized spacial score (nSPS) is 27.7. The third-order valence-electron chi connectivity index (χ3n) is 7.69. The average molecular weight is 396 g/mol. The van der Waals surface area contributed by atoms with Gasteiger partial charge in [0.25, 0.3) is 0 Å². The molecule has 1 saturated carbocycles. The second-order valence-electron chi connectivity index (χ2n) is 9.48. The molecule has 1 aromatic carbocycles. The first kappa shape index (κ1) is 19.1. The fourth-order valence-electron chi connectivity index (χ4n) is 5.97. The average Bonchev–Trinajstić information content (AvgIpc) is 3.52. The van der Waals surface area contributed by atoms with Gasteiger partial charge in [0.2, 0.25) is 5.91 Å². The van der Waals surface area contributed by atoms with Crippen molar-refractivity contribution >= 4 is 16.8 Å². The molecule has 0 spiro atoms. The third-order valence-corrected chi connectivity index (χ3v) is 7.69. The van der Waals surface area contributed by atoms with Gasteiger partial charge in [0.1, 0.15) is 0 Å². The quantitative estimate of drug-likeness (QED) is 0.818. The van der Waals surface area contributed by atoms with E-state index in [0.29, 0.717) is 12.0 Å². The highest BCUT2D eigenvalue weighted by molar-refractivity contribution is 5.91. The minimum atomic E-state index is -0.137. The number of likely N-dealkylation sites (N-methyl/N-ethyl adjacent to an activating group) is 1. The van der Waals surface area contributed by atoms with Crippen LogP contribution in [0.5, 0.6) is 0 Å². The number of hydrogen-bond acceptors (Lipinski definition) is 3. The van der Waals surface area contributed by atoms with Crippen LogP contribution in [0.15, 0.2) is 18.2 Å². The van der Waals surface area contributed by atoms with E-state index in [9.17, 15) is 9.90 Å². The Morgan fingerprint density at radius 3 is 2.79 bits per heavy atom. The predicted molar refractivity (Wildman–Crippen MR) is 115 cm³/mol. The number of hydrogen-bond donors (Lipinski definition) is 2. The zero-order chi connectivity index (χ0) is 20.3. The second kappa shape index (κ2) is 7.13. The van der Waals surface area contributed by atoms with Crippen molar-refractivity contribution < 1.29 is 9.90 Å². The Bertz CT molecular complexity index is 941. The minimum absolute atomic E-state index is 0.00742. The molecule has 0 radical (unpaired) electrons. The lowest BCUT2D eigenvalue weighted by molar-refractivity contribution is -0.128. The number of nitrogens with one attached hydrogen (secondary N) is 1. The van der Waals surface area contributed by atoms with Crippen molar-refractivity contribution in [2.24, 2.45) is 13.0 Å². The number of aliphatic hydroxyl groups is 1. The molecule has 4 atom stereocenters. The molecule has 1 amide bonds. The number of benzene rings is 1. The van der Waals surface area contributed by atoms with E-state index in [1.807, 2.05) is 6.92 Å². The summed E-state index contributed by atoms with van der Waals surface area (Å²) in [5.41, 5.74) is 5.93. The maximum absolute atomic E-state index is 12.9. The molecule has 0 bridgehead atoms. The van der Waals surface area contributed by atoms with E-state index in [2.05, 4.69) is 47.1 Å². The lowest BCUT2D eigenvalue weighted by Crippen LogP contribution is -2.52. The summed E-state index contributed by atoms with van der Waals surface area (Å²) in [6.07, 6.45) is 5.40. The van der Waals surface area contributed by atoms with E-state index in [1.54, 1.807) is 11.3 Å². The van der Waals surface area contributed by atoms with Crippen LogP contribution in [0, 0.1) is 5.92 Å². The summed E-state index contributed by atoms with van der Waals surface area (Å²) in [7, 11) is 4.42. The molecule has 2 N–H and O–H groups in total. The molecular formula is C24H33N3O2. The monoisotopic (exact) mass is 395 g/mol. The molecular weight excluding hydrogens is 362 g/mol. The molecule has 2 fully saturated rings. The number of rotatable bonds is 5. The Hall–Kier alpha value is -1.85. The van der Waals surface area contributed by atoms with Crippen LogP contribution in [0.25, 0.3) is 10.9 Å². The van der Waals surface area contributed by atoms with E-state index in [0.717, 1.165) is 31.7 Å². The van der Waals surface area contributed by atoms with E-state index < -0.39 is 0 Å². The highest BCUT2D eigenvalue weighted by Crippen LogP contribution is 2.51. The Morgan fingerprint density at radius 2 is 2.10 bits per heavy atom. The van der Waals surface area contributed by atoms with Crippen molar-refractivity contribution in [3.63, 3.8) is 0 Å². The van der Waals surface area contributed by atoms with Crippen LogP contribution in [-0.4, -0.2) is 52.8 Å². The molecule has 29 heavy (non-hydrogen) atoms. The molecule has 1 aliphatic heterocycles. The Balaban J connectivity index is 1.51. The molecule has 1 aromatic heterocycles. The highest BCUT2D eigenvalue weighted by atomic mass is 16.3. The number of carbonyl (C=O) groups is 1. The number of piperidine rings is 1. The zero-order valence-electron chi connectivity index (χ0n) is 17.8. The number of fused-ring (bicyclic) bond motifs is 2. The molecule has 2 aromatic rings. The van der Waals surface area contributed by atoms with E-state index in [-0.39, 0.29) is 24.5 Å². The van der Waals surface area contributed by atoms with Crippen LogP contribution < -0.4 is 5.32 Å². The van der Waals surface area contributed by atoms with Crippen molar-refractivity contribution in [3.8, 4) is 0 Å². The van der Waals surface area contributed by atoms with Crippen molar-refractivity contribution in [3.05, 3.63) is 35.0 Å². The first-order chi connectivity index (χ1) is 14.0. The molecule has 1 saturated heterocycles. The fraction of sp³-hybridized carbons (Fsp3) is 0.625. The van der Waals surface area contributed by atoms with Crippen molar-refractivity contribution in [2.75, 3.05) is 20.2 Å². The zero-order valence-corrected chi connectivity index (χ0v) is 17.8. The number of likely N-dealkylation sites (tertiary alicyclic amines) is 1. The molecule has 5 nitrogen and oxygen atoms in total. The van der Waals surface area contributed by atoms with Gasteiger partial charge >= 0.3 is 0 Å². The predicted octanol–water partition coefficient (Wildman–Crippen LogP) is 2.90. The van der Waals surface area contributed by atoms with Gasteiger partial charge in [-0.15, -0.1) is 0 Å². The summed E-state index contributed by atoms with van der Waals surface area (Å²) in [6.45, 7) is 2.81. The van der Waals surface area contributed by atoms with E-state index in [1.165, 1.54) is 29.3 Å². The Kier molecular flexibility index (Phi) is 4.71. The lowest BCUT2D eigenvalue weighted by atomic mass is 9.71. The fourth-order valence-corrected chi connectivity index (χ4v) is 5.97. The summed E-state index contributed by atoms with van der Waals surface area (Å²) < 4.78 is 2.44. The number of amides is 1. The van der Waals surface area contributed by atoms with Crippen LogP contribution in [0.4, 0.5) is 0 Å². The number of nitrogens with zero attached hydrogens (tertiary/aromatic N) is 2. The number of aromatic nitrogens is 1. The van der Waals surface area contributed by atoms with Gasteiger partial charge in [-0.1, -0.05) is 19.1 Å². The van der Waals surface area contributed by atoms with Crippen molar-refractivity contribution in [1.29, 1.82) is 0 Å². The maximum atomic E-state index is 12.9. The van der Waals surface area contributed by atoms with Gasteiger partial charge < -0.3 is 19.9 Å². The highest BCUT2D eigenvalue weighted by Gasteiger charge is 2.44. The Labute approximate surface area is 173 Å². The molecule has 5 heteroatoms. The standard InChI is InChI=1S/C24H33N3O2/c1-4-16(13-28)25-24(29)15-10-18-17-6-5-7-20-22(17)19(11-21(18)26(2)12-15)23(27(20)3)14-8-9-14/h5-7,14-16,18,21,28H,4,8-13H2,1-3H3,(H,25,29)/t15?,16?,18?,21-/m1/s1. The first-order valence-electron chi connectivity index (χ1n) is 11.2. The number of carbonyl (C=O) groups excluding carboxylic acids is 1. The van der Waals surface area contributed by atoms with Crippen molar-refractivity contribution in [2.45, 2.75) is 62.9 Å². The van der Waals surface area contributed by atoms with Gasteiger partial charge in [0.15, 0.2) is 0 Å². The topological polar surface area (TPSA) is 57.5 Å². The van der Waals surface area contributed by atoms with Crippen LogP contribution >= 0.6 is 0 Å². The Morgan fingerprint density at radius 1 is 1.31 bits per heavy atom. The molecule has 2 aliphatic carbocycles. The summed E-state index contributed by atoms with van der Waals surface area (Å²) in [5, 5.41) is 14.0. The minimum Gasteiger partial charge on any atom is -0.394 e. The van der Waals surface area contributed by atoms with Crippen LogP contribution in [0.1, 0.15) is 61.3 Å². The first-order valence-corrected chi connectivity index (χ1v) is 11.2. The second-order valence-corrected chi connectivity index (χ2v) is 9.48. The van der Waals surface area contributed by atoms with Gasteiger partial charge in [0, 0.05) is 42.1 Å². The summed E-state index contributed by atoms with van der Waals surface area (Å²) in [6, 6.07) is 7.09. The van der Waals surface area contributed by atoms with Crippen LogP contribution in [-0.2, 0) is 18.3 Å². The van der Waals surface area contributed by atoms with Gasteiger partial charge in [-0.25, -0.2) is 0 Å². The van der Waals surface area contributed by atoms with Crippen LogP contribution in [0.2, 0.25) is 0 Å². The SMILES string of the molecule is CCC(CO)NC(=O)C1CC2c3cccc4c3c(c(C3CC3)n4C)C[C@H]2N(C)C1. The number of aliphatic hydroxyl groups excluding tert-OH is 1. The summed E-state index contributed by atoms with van der Waals surface area (Å²) in [5.74, 6) is 1.21. The van der Waals surface area contributed by atoms with Gasteiger partial charge in [-0.2, -0.15) is 0 Å². The van der Waals surface area contributed by atoms with Crippen molar-refractivity contribution in [1.82, 2.24) is 14.8 Å². The molecule has 3 unspecified atom stereocenters. The summed E-state index contributed by atoms with van der Waals surface area (Å²) in [4.78, 5) is 15.4. The van der Waals surface area contributed by atoms with E-state index in [4.69, 9.17) is 0 Å². The van der Waals surface area contributed by atoms with Crippen LogP contribution in [0.3, 0.4) is 0 Å².